The summed E-state index contributed by atoms with van der Waals surface area (Å²) in [6, 6.07) is 1.68. The normalized spacial score (nSPS) is 12.3. The molecule has 0 aliphatic carbocycles. The molecule has 0 aromatic carbocycles. The highest BCUT2D eigenvalue weighted by molar-refractivity contribution is 5.96. The third-order valence-corrected chi connectivity index (χ3v) is 3.29. The molecule has 1 unspecified atom stereocenters. The van der Waals surface area contributed by atoms with Gasteiger partial charge in [-0.3, -0.25) is 9.59 Å². The molecule has 2 aromatic rings. The molecule has 21 heavy (non-hydrogen) atoms. The lowest BCUT2D eigenvalue weighted by molar-refractivity contribution is -0.141. The number of nitrogens with zero attached hydrogens (tertiary/aromatic N) is 2. The maximum atomic E-state index is 12.0. The zero-order valence-corrected chi connectivity index (χ0v) is 11.9. The van der Waals surface area contributed by atoms with E-state index in [1.807, 2.05) is 0 Å². The fourth-order valence-electron chi connectivity index (χ4n) is 1.90. The lowest BCUT2D eigenvalue weighted by atomic mass is 10.1. The van der Waals surface area contributed by atoms with Crippen molar-refractivity contribution in [3.05, 3.63) is 23.5 Å². The van der Waals surface area contributed by atoms with Crippen LogP contribution in [0.4, 0.5) is 0 Å². The molecule has 0 radical (unpaired) electrons. The van der Waals surface area contributed by atoms with Crippen LogP contribution < -0.4 is 5.32 Å². The minimum atomic E-state index is -0.820. The van der Waals surface area contributed by atoms with Crippen LogP contribution in [-0.2, 0) is 4.79 Å². The summed E-state index contributed by atoms with van der Waals surface area (Å²) in [7, 11) is 0. The molecule has 0 bridgehead atoms. The second-order valence-electron chi connectivity index (χ2n) is 4.98. The standard InChI is InChI=1S/C14H17N3O4/c1-8(14(19)20)4-3-5-15-12(18)10-6-11-9(2)17-21-13(11)16-7-10/h6-8H,3-5H2,1-2H3,(H,15,18)(H,19,20). The predicted octanol–water partition coefficient (Wildman–Crippen LogP) is 1.76. The van der Waals surface area contributed by atoms with Crippen molar-refractivity contribution < 1.29 is 19.2 Å². The summed E-state index contributed by atoms with van der Waals surface area (Å²) in [5, 5.41) is 16.0. The smallest absolute Gasteiger partial charge is 0.306 e. The number of rotatable bonds is 6. The zero-order valence-electron chi connectivity index (χ0n) is 11.9. The highest BCUT2D eigenvalue weighted by Gasteiger charge is 2.12. The van der Waals surface area contributed by atoms with E-state index in [0.717, 1.165) is 0 Å². The van der Waals surface area contributed by atoms with Gasteiger partial charge in [0.1, 0.15) is 0 Å². The summed E-state index contributed by atoms with van der Waals surface area (Å²) in [4.78, 5) is 26.7. The van der Waals surface area contributed by atoms with Crippen molar-refractivity contribution in [3.8, 4) is 0 Å². The van der Waals surface area contributed by atoms with Crippen molar-refractivity contribution in [2.45, 2.75) is 26.7 Å². The topological polar surface area (TPSA) is 105 Å². The molecule has 0 fully saturated rings. The largest absolute Gasteiger partial charge is 0.481 e. The summed E-state index contributed by atoms with van der Waals surface area (Å²) in [5.41, 5.74) is 1.52. The molecule has 0 saturated heterocycles. The molecule has 0 aliphatic heterocycles. The molecule has 0 spiro atoms. The minimum absolute atomic E-state index is 0.243. The first-order chi connectivity index (χ1) is 9.99. The number of carboxylic acid groups (broad SMARTS) is 1. The maximum Gasteiger partial charge on any atom is 0.306 e. The third-order valence-electron chi connectivity index (χ3n) is 3.29. The van der Waals surface area contributed by atoms with Crippen LogP contribution in [0.25, 0.3) is 11.1 Å². The van der Waals surface area contributed by atoms with E-state index in [1.165, 1.54) is 6.20 Å². The SMILES string of the molecule is Cc1noc2ncc(C(=O)NCCCC(C)C(=O)O)cc12. The quantitative estimate of drug-likeness (QED) is 0.786. The van der Waals surface area contributed by atoms with Gasteiger partial charge in [-0.25, -0.2) is 4.98 Å². The van der Waals surface area contributed by atoms with E-state index in [2.05, 4.69) is 15.5 Å². The second-order valence-corrected chi connectivity index (χ2v) is 4.98. The van der Waals surface area contributed by atoms with E-state index in [0.29, 0.717) is 41.7 Å². The average molecular weight is 291 g/mol. The molecule has 7 nitrogen and oxygen atoms in total. The van der Waals surface area contributed by atoms with Gasteiger partial charge in [-0.05, 0) is 25.8 Å². The molecular formula is C14H17N3O4. The van der Waals surface area contributed by atoms with Gasteiger partial charge in [-0.15, -0.1) is 0 Å². The van der Waals surface area contributed by atoms with Gasteiger partial charge in [-0.1, -0.05) is 12.1 Å². The zero-order chi connectivity index (χ0) is 15.4. The number of hydrogen-bond donors (Lipinski definition) is 2. The Hall–Kier alpha value is -2.44. The Morgan fingerprint density at radius 2 is 2.24 bits per heavy atom. The summed E-state index contributed by atoms with van der Waals surface area (Å²) in [5.74, 6) is -1.47. The first-order valence-electron chi connectivity index (χ1n) is 6.72. The van der Waals surface area contributed by atoms with Gasteiger partial charge in [0.15, 0.2) is 0 Å². The highest BCUT2D eigenvalue weighted by atomic mass is 16.5. The number of amides is 1. The first kappa shape index (κ1) is 15.0. The van der Waals surface area contributed by atoms with Crippen LogP contribution in [0.15, 0.2) is 16.8 Å². The lowest BCUT2D eigenvalue weighted by Gasteiger charge is -2.07. The van der Waals surface area contributed by atoms with Crippen molar-refractivity contribution in [1.82, 2.24) is 15.5 Å². The van der Waals surface area contributed by atoms with E-state index in [-0.39, 0.29) is 5.91 Å². The number of pyridine rings is 1. The lowest BCUT2D eigenvalue weighted by Crippen LogP contribution is -2.25. The Bertz CT molecular complexity index is 665. The van der Waals surface area contributed by atoms with Crippen molar-refractivity contribution in [2.24, 2.45) is 5.92 Å². The summed E-state index contributed by atoms with van der Waals surface area (Å²) >= 11 is 0. The van der Waals surface area contributed by atoms with Crippen molar-refractivity contribution in [3.63, 3.8) is 0 Å². The van der Waals surface area contributed by atoms with Crippen LogP contribution in [0.3, 0.4) is 0 Å². The Morgan fingerprint density at radius 3 is 2.95 bits per heavy atom. The monoisotopic (exact) mass is 291 g/mol. The molecule has 2 aromatic heterocycles. The second kappa shape index (κ2) is 6.34. The van der Waals surface area contributed by atoms with E-state index in [9.17, 15) is 9.59 Å². The molecule has 0 aliphatic rings. The van der Waals surface area contributed by atoms with Crippen molar-refractivity contribution in [1.29, 1.82) is 0 Å². The van der Waals surface area contributed by atoms with Gasteiger partial charge in [0.25, 0.3) is 11.6 Å². The van der Waals surface area contributed by atoms with Gasteiger partial charge in [-0.2, -0.15) is 0 Å². The van der Waals surface area contributed by atoms with Crippen LogP contribution in [0.2, 0.25) is 0 Å². The fourth-order valence-corrected chi connectivity index (χ4v) is 1.90. The van der Waals surface area contributed by atoms with Crippen LogP contribution in [0.5, 0.6) is 0 Å². The Labute approximate surface area is 121 Å². The van der Waals surface area contributed by atoms with Crippen LogP contribution in [0, 0.1) is 12.8 Å². The number of carbonyl (C=O) groups is 2. The van der Waals surface area contributed by atoms with E-state index in [4.69, 9.17) is 9.63 Å². The van der Waals surface area contributed by atoms with Crippen LogP contribution in [-0.4, -0.2) is 33.7 Å². The maximum absolute atomic E-state index is 12.0. The van der Waals surface area contributed by atoms with Crippen molar-refractivity contribution >= 4 is 23.0 Å². The molecule has 2 heterocycles. The molecule has 7 heteroatoms. The Balaban J connectivity index is 1.90. The molecular weight excluding hydrogens is 274 g/mol. The first-order valence-corrected chi connectivity index (χ1v) is 6.72. The van der Waals surface area contributed by atoms with Crippen molar-refractivity contribution in [2.75, 3.05) is 6.54 Å². The van der Waals surface area contributed by atoms with Gasteiger partial charge in [0, 0.05) is 12.7 Å². The minimum Gasteiger partial charge on any atom is -0.481 e. The molecule has 2 rings (SSSR count). The number of aromatic nitrogens is 2. The Kier molecular flexibility index (Phi) is 4.52. The number of hydrogen-bond acceptors (Lipinski definition) is 5. The van der Waals surface area contributed by atoms with Gasteiger partial charge in [0.05, 0.1) is 22.6 Å². The molecule has 2 N–H and O–H groups in total. The van der Waals surface area contributed by atoms with Crippen LogP contribution >= 0.6 is 0 Å². The third kappa shape index (κ3) is 3.56. The van der Waals surface area contributed by atoms with Gasteiger partial charge in [0.2, 0.25) is 0 Å². The number of aryl methyl sites for hydroxylation is 1. The average Bonchev–Trinajstić information content (AvgIpc) is 2.84. The number of fused-ring (bicyclic) bond motifs is 1. The number of nitrogens with one attached hydrogen (secondary N) is 1. The molecule has 1 amide bonds. The molecule has 0 saturated carbocycles. The van der Waals surface area contributed by atoms with Crippen LogP contribution in [0.1, 0.15) is 35.8 Å². The van der Waals surface area contributed by atoms with Gasteiger partial charge < -0.3 is 14.9 Å². The summed E-state index contributed by atoms with van der Waals surface area (Å²) in [6.07, 6.45) is 2.57. The predicted molar refractivity (Wildman–Crippen MR) is 74.9 cm³/mol. The summed E-state index contributed by atoms with van der Waals surface area (Å²) < 4.78 is 4.98. The fraction of sp³-hybridized carbons (Fsp3) is 0.429. The van der Waals surface area contributed by atoms with E-state index < -0.39 is 11.9 Å². The highest BCUT2D eigenvalue weighted by Crippen LogP contribution is 2.16. The van der Waals surface area contributed by atoms with E-state index in [1.54, 1.807) is 19.9 Å². The number of carboxylic acids is 1. The molecule has 1 atom stereocenters. The Morgan fingerprint density at radius 1 is 1.48 bits per heavy atom. The number of carbonyl (C=O) groups excluding carboxylic acids is 1. The molecule has 112 valence electrons. The summed E-state index contributed by atoms with van der Waals surface area (Å²) in [6.45, 7) is 3.86. The number of aliphatic carboxylic acids is 1. The van der Waals surface area contributed by atoms with Gasteiger partial charge >= 0.3 is 5.97 Å². The van der Waals surface area contributed by atoms with E-state index >= 15 is 0 Å².